The van der Waals surface area contributed by atoms with Crippen molar-refractivity contribution in [2.75, 3.05) is 7.11 Å². The molecule has 0 bridgehead atoms. The lowest BCUT2D eigenvalue weighted by atomic mass is 10.2. The normalized spacial score (nSPS) is 11.2. The molecule has 0 saturated carbocycles. The van der Waals surface area contributed by atoms with Gasteiger partial charge in [-0.05, 0) is 54.1 Å². The summed E-state index contributed by atoms with van der Waals surface area (Å²) in [4.78, 5) is 28.3. The van der Waals surface area contributed by atoms with Gasteiger partial charge in [0.15, 0.2) is 0 Å². The van der Waals surface area contributed by atoms with Gasteiger partial charge in [0.05, 0.1) is 33.6 Å². The van der Waals surface area contributed by atoms with Gasteiger partial charge in [0, 0.05) is 12.1 Å². The Morgan fingerprint density at radius 2 is 1.81 bits per heavy atom. The molecule has 1 heterocycles. The second kappa shape index (κ2) is 8.41. The van der Waals surface area contributed by atoms with Crippen LogP contribution in [0.3, 0.4) is 0 Å². The van der Waals surface area contributed by atoms with Crippen LogP contribution in [0.5, 0.6) is 5.75 Å². The van der Waals surface area contributed by atoms with Crippen LogP contribution in [-0.4, -0.2) is 21.6 Å². The number of aromatic nitrogens is 2. The van der Waals surface area contributed by atoms with E-state index in [9.17, 15) is 14.9 Å². The molecule has 0 spiro atoms. The summed E-state index contributed by atoms with van der Waals surface area (Å²) in [6.07, 6.45) is 3.43. The fraction of sp³-hybridized carbons (Fsp3) is 0.0435. The Labute approximate surface area is 182 Å². The third-order valence-electron chi connectivity index (χ3n) is 4.72. The quantitative estimate of drug-likeness (QED) is 0.322. The number of fused-ring (bicyclic) bond motifs is 1. The van der Waals surface area contributed by atoms with E-state index < -0.39 is 4.92 Å². The fourth-order valence-electron chi connectivity index (χ4n) is 3.18. The summed E-state index contributed by atoms with van der Waals surface area (Å²) in [5.74, 6) is 0.887. The maximum atomic E-state index is 13.3. The summed E-state index contributed by atoms with van der Waals surface area (Å²) in [6, 6.07) is 18.2. The number of hydrogen-bond donors (Lipinski definition) is 0. The highest BCUT2D eigenvalue weighted by molar-refractivity contribution is 6.32. The molecule has 154 valence electrons. The summed E-state index contributed by atoms with van der Waals surface area (Å²) in [7, 11) is 1.52. The Bertz CT molecular complexity index is 1380. The number of nitrogens with zero attached hydrogens (tertiary/aromatic N) is 3. The first-order valence-corrected chi connectivity index (χ1v) is 9.64. The van der Waals surface area contributed by atoms with Crippen LogP contribution in [0.2, 0.25) is 5.02 Å². The number of methoxy groups -OCH3 is 1. The number of nitro groups is 1. The summed E-state index contributed by atoms with van der Waals surface area (Å²) in [5.41, 5.74) is 1.59. The standard InChI is InChI=1S/C23H16ClN3O4/c1-31-21-12-11-17(14-19(21)24)26-22(25-20-5-3-2-4-18(20)23(26)28)13-8-15-6-9-16(10-7-15)27(29)30/h2-14H,1H3. The lowest BCUT2D eigenvalue weighted by Gasteiger charge is -2.13. The maximum absolute atomic E-state index is 13.3. The molecule has 31 heavy (non-hydrogen) atoms. The zero-order chi connectivity index (χ0) is 22.0. The van der Waals surface area contributed by atoms with Crippen molar-refractivity contribution in [2.24, 2.45) is 0 Å². The van der Waals surface area contributed by atoms with E-state index in [-0.39, 0.29) is 11.2 Å². The van der Waals surface area contributed by atoms with Gasteiger partial charge in [0.2, 0.25) is 0 Å². The predicted octanol–water partition coefficient (Wildman–Crippen LogP) is 5.13. The average molecular weight is 434 g/mol. The number of halogens is 1. The molecule has 0 fully saturated rings. The number of nitro benzene ring substituents is 1. The van der Waals surface area contributed by atoms with E-state index in [1.54, 1.807) is 60.7 Å². The van der Waals surface area contributed by atoms with Crippen molar-refractivity contribution in [1.82, 2.24) is 9.55 Å². The van der Waals surface area contributed by atoms with Crippen LogP contribution < -0.4 is 10.3 Å². The van der Waals surface area contributed by atoms with Gasteiger partial charge >= 0.3 is 0 Å². The second-order valence-corrected chi connectivity index (χ2v) is 7.04. The van der Waals surface area contributed by atoms with E-state index in [2.05, 4.69) is 4.98 Å². The molecule has 0 radical (unpaired) electrons. The van der Waals surface area contributed by atoms with Crippen LogP contribution in [0.25, 0.3) is 28.7 Å². The van der Waals surface area contributed by atoms with Gasteiger partial charge in [-0.15, -0.1) is 0 Å². The molecular weight excluding hydrogens is 418 g/mol. The van der Waals surface area contributed by atoms with Gasteiger partial charge in [0.1, 0.15) is 11.6 Å². The van der Waals surface area contributed by atoms with Gasteiger partial charge in [-0.3, -0.25) is 19.5 Å². The molecule has 1 aromatic heterocycles. The van der Waals surface area contributed by atoms with E-state index >= 15 is 0 Å². The second-order valence-electron chi connectivity index (χ2n) is 6.63. The van der Waals surface area contributed by atoms with E-state index in [1.165, 1.54) is 23.8 Å². The zero-order valence-corrected chi connectivity index (χ0v) is 17.1. The lowest BCUT2D eigenvalue weighted by molar-refractivity contribution is -0.384. The largest absolute Gasteiger partial charge is 0.495 e. The highest BCUT2D eigenvalue weighted by Gasteiger charge is 2.13. The highest BCUT2D eigenvalue weighted by Crippen LogP contribution is 2.27. The van der Waals surface area contributed by atoms with Crippen molar-refractivity contribution in [1.29, 1.82) is 0 Å². The van der Waals surface area contributed by atoms with Gasteiger partial charge in [-0.25, -0.2) is 4.98 Å². The smallest absolute Gasteiger partial charge is 0.269 e. The third-order valence-corrected chi connectivity index (χ3v) is 5.02. The fourth-order valence-corrected chi connectivity index (χ4v) is 3.44. The molecule has 0 atom stereocenters. The van der Waals surface area contributed by atoms with E-state index in [0.717, 1.165) is 5.56 Å². The summed E-state index contributed by atoms with van der Waals surface area (Å²) >= 11 is 6.28. The molecule has 4 aromatic rings. The van der Waals surface area contributed by atoms with Crippen LogP contribution in [0.4, 0.5) is 5.69 Å². The van der Waals surface area contributed by atoms with Gasteiger partial charge in [-0.2, -0.15) is 0 Å². The SMILES string of the molecule is COc1ccc(-n2c(C=Cc3ccc([N+](=O)[O-])cc3)nc3ccccc3c2=O)cc1Cl. The monoisotopic (exact) mass is 433 g/mol. The van der Waals surface area contributed by atoms with Crippen molar-refractivity contribution in [3.05, 3.63) is 104 Å². The first kappa shape index (κ1) is 20.3. The first-order valence-electron chi connectivity index (χ1n) is 9.26. The lowest BCUT2D eigenvalue weighted by Crippen LogP contribution is -2.22. The topological polar surface area (TPSA) is 87.3 Å². The maximum Gasteiger partial charge on any atom is 0.269 e. The molecule has 0 saturated heterocycles. The molecule has 0 aliphatic rings. The van der Waals surface area contributed by atoms with Crippen LogP contribution >= 0.6 is 11.6 Å². The Morgan fingerprint density at radius 1 is 1.06 bits per heavy atom. The highest BCUT2D eigenvalue weighted by atomic mass is 35.5. The summed E-state index contributed by atoms with van der Waals surface area (Å²) in [6.45, 7) is 0. The Hall–Kier alpha value is -3.97. The Kier molecular flexibility index (Phi) is 5.51. The summed E-state index contributed by atoms with van der Waals surface area (Å²) in [5, 5.41) is 11.7. The first-order chi connectivity index (χ1) is 15.0. The Morgan fingerprint density at radius 3 is 2.48 bits per heavy atom. The number of rotatable bonds is 5. The number of para-hydroxylation sites is 1. The number of non-ortho nitro benzene ring substituents is 1. The van der Waals surface area contributed by atoms with Crippen molar-refractivity contribution < 1.29 is 9.66 Å². The third kappa shape index (κ3) is 4.04. The minimum absolute atomic E-state index is 0.00534. The molecule has 7 nitrogen and oxygen atoms in total. The van der Waals surface area contributed by atoms with Crippen molar-refractivity contribution >= 4 is 40.3 Å². The zero-order valence-electron chi connectivity index (χ0n) is 16.4. The van der Waals surface area contributed by atoms with E-state index in [4.69, 9.17) is 16.3 Å². The minimum atomic E-state index is -0.455. The van der Waals surface area contributed by atoms with E-state index in [0.29, 0.717) is 33.2 Å². The van der Waals surface area contributed by atoms with Crippen LogP contribution in [0.1, 0.15) is 11.4 Å². The molecule has 0 amide bonds. The van der Waals surface area contributed by atoms with Crippen molar-refractivity contribution in [3.63, 3.8) is 0 Å². The van der Waals surface area contributed by atoms with Gasteiger partial charge in [-0.1, -0.05) is 29.8 Å². The van der Waals surface area contributed by atoms with Crippen LogP contribution in [0.15, 0.2) is 71.5 Å². The molecule has 0 aliphatic carbocycles. The van der Waals surface area contributed by atoms with Crippen LogP contribution in [-0.2, 0) is 0 Å². The Balaban J connectivity index is 1.87. The molecule has 0 unspecified atom stereocenters. The molecule has 0 aliphatic heterocycles. The number of benzene rings is 3. The molecule has 0 N–H and O–H groups in total. The molecule has 3 aromatic carbocycles. The van der Waals surface area contributed by atoms with Gasteiger partial charge in [0.25, 0.3) is 11.2 Å². The van der Waals surface area contributed by atoms with Crippen LogP contribution in [0, 0.1) is 10.1 Å². The predicted molar refractivity (Wildman–Crippen MR) is 121 cm³/mol. The van der Waals surface area contributed by atoms with Gasteiger partial charge < -0.3 is 4.74 Å². The molecule has 4 rings (SSSR count). The number of hydrogen-bond acceptors (Lipinski definition) is 5. The van der Waals surface area contributed by atoms with E-state index in [1.807, 2.05) is 6.07 Å². The van der Waals surface area contributed by atoms with Crippen molar-refractivity contribution in [3.8, 4) is 11.4 Å². The number of ether oxygens (including phenoxy) is 1. The molecular formula is C23H16ClN3O4. The van der Waals surface area contributed by atoms with Crippen molar-refractivity contribution in [2.45, 2.75) is 0 Å². The molecule has 8 heteroatoms. The summed E-state index contributed by atoms with van der Waals surface area (Å²) < 4.78 is 6.67. The average Bonchev–Trinajstić information content (AvgIpc) is 2.78. The minimum Gasteiger partial charge on any atom is -0.495 e.